The zero-order chi connectivity index (χ0) is 19.8. The van der Waals surface area contributed by atoms with Gasteiger partial charge >= 0.3 is 0 Å². The molecule has 1 N–H and O–H groups in total. The average molecular weight is 395 g/mol. The van der Waals surface area contributed by atoms with Gasteiger partial charge in [0.2, 0.25) is 5.91 Å². The number of hydrogen-bond acceptors (Lipinski definition) is 5. The summed E-state index contributed by atoms with van der Waals surface area (Å²) in [6.07, 6.45) is 0.641. The van der Waals surface area contributed by atoms with Crippen molar-refractivity contribution >= 4 is 34.3 Å². The summed E-state index contributed by atoms with van der Waals surface area (Å²) >= 11 is 1.47. The Morgan fingerprint density at radius 3 is 2.86 bits per heavy atom. The van der Waals surface area contributed by atoms with Crippen molar-refractivity contribution in [3.05, 3.63) is 57.6 Å². The van der Waals surface area contributed by atoms with Crippen molar-refractivity contribution in [3.63, 3.8) is 0 Å². The lowest BCUT2D eigenvalue weighted by Gasteiger charge is -2.25. The fourth-order valence-electron chi connectivity index (χ4n) is 3.61. The maximum absolute atomic E-state index is 13.0. The van der Waals surface area contributed by atoms with Gasteiger partial charge in [0, 0.05) is 34.6 Å². The summed E-state index contributed by atoms with van der Waals surface area (Å²) in [6.45, 7) is 6.09. The first-order valence-electron chi connectivity index (χ1n) is 9.38. The number of fused-ring (bicyclic) bond motifs is 2. The lowest BCUT2D eigenvalue weighted by Crippen LogP contribution is -2.38. The second kappa shape index (κ2) is 7.39. The highest BCUT2D eigenvalue weighted by Crippen LogP contribution is 2.28. The summed E-state index contributed by atoms with van der Waals surface area (Å²) < 4.78 is 1.65. The highest BCUT2D eigenvalue weighted by atomic mass is 32.2. The summed E-state index contributed by atoms with van der Waals surface area (Å²) in [5.74, 6) is 0.224. The molecule has 1 aliphatic rings. The molecule has 0 unspecified atom stereocenters. The van der Waals surface area contributed by atoms with E-state index in [4.69, 9.17) is 0 Å². The quantitative estimate of drug-likeness (QED) is 0.690. The van der Waals surface area contributed by atoms with Gasteiger partial charge in [-0.15, -0.1) is 0 Å². The number of carbonyl (C=O) groups is 1. The maximum Gasteiger partial charge on any atom is 0.257 e. The van der Waals surface area contributed by atoms with E-state index in [1.807, 2.05) is 51.1 Å². The molecule has 0 aliphatic carbocycles. The number of anilines is 1. The number of aryl methyl sites for hydroxylation is 2. The first kappa shape index (κ1) is 18.7. The predicted octanol–water partition coefficient (Wildman–Crippen LogP) is 3.33. The largest absolute Gasteiger partial charge is 0.325 e. The van der Waals surface area contributed by atoms with Crippen molar-refractivity contribution in [3.8, 4) is 0 Å². The number of para-hydroxylation sites is 1. The number of thioether (sulfide) groups is 1. The van der Waals surface area contributed by atoms with Gasteiger partial charge in [-0.3, -0.25) is 19.1 Å². The van der Waals surface area contributed by atoms with Crippen LogP contribution >= 0.6 is 11.8 Å². The van der Waals surface area contributed by atoms with Crippen LogP contribution in [-0.2, 0) is 17.8 Å². The number of aromatic nitrogens is 3. The van der Waals surface area contributed by atoms with Crippen LogP contribution in [0, 0.1) is 19.8 Å². The Balaban J connectivity index is 1.62. The van der Waals surface area contributed by atoms with E-state index in [-0.39, 0.29) is 17.4 Å². The molecule has 0 spiro atoms. The van der Waals surface area contributed by atoms with Crippen LogP contribution in [0.3, 0.4) is 0 Å². The number of benzene rings is 1. The first-order chi connectivity index (χ1) is 13.5. The Labute approximate surface area is 167 Å². The van der Waals surface area contributed by atoms with Crippen molar-refractivity contribution in [2.75, 3.05) is 11.1 Å². The van der Waals surface area contributed by atoms with Crippen LogP contribution in [0.1, 0.15) is 23.9 Å². The van der Waals surface area contributed by atoms with E-state index in [0.717, 1.165) is 33.5 Å². The lowest BCUT2D eigenvalue weighted by atomic mass is 10.1. The molecular weight excluding hydrogens is 372 g/mol. The van der Waals surface area contributed by atoms with E-state index in [9.17, 15) is 9.59 Å². The van der Waals surface area contributed by atoms with E-state index in [2.05, 4.69) is 15.3 Å². The maximum atomic E-state index is 13.0. The van der Waals surface area contributed by atoms with Crippen molar-refractivity contribution in [1.82, 2.24) is 14.5 Å². The third kappa shape index (κ3) is 3.30. The molecule has 0 bridgehead atoms. The van der Waals surface area contributed by atoms with E-state index in [1.165, 1.54) is 11.8 Å². The number of rotatable bonds is 3. The molecule has 1 aromatic carbocycles. The summed E-state index contributed by atoms with van der Waals surface area (Å²) in [6, 6.07) is 9.64. The number of nitrogens with zero attached hydrogens (tertiary/aromatic N) is 3. The molecule has 0 radical (unpaired) electrons. The van der Waals surface area contributed by atoms with Crippen molar-refractivity contribution in [2.24, 2.45) is 5.92 Å². The molecule has 4 rings (SSSR count). The molecule has 3 heterocycles. The van der Waals surface area contributed by atoms with E-state index >= 15 is 0 Å². The van der Waals surface area contributed by atoms with Crippen LogP contribution in [0.5, 0.6) is 0 Å². The molecule has 6 nitrogen and oxygen atoms in total. The highest BCUT2D eigenvalue weighted by Gasteiger charge is 2.28. The Morgan fingerprint density at radius 1 is 1.29 bits per heavy atom. The fraction of sp³-hybridized carbons (Fsp3) is 0.333. The topological polar surface area (TPSA) is 76.9 Å². The van der Waals surface area contributed by atoms with E-state index < -0.39 is 0 Å². The number of carbonyl (C=O) groups excluding carboxylic acids is 1. The van der Waals surface area contributed by atoms with Crippen LogP contribution in [0.15, 0.2) is 40.3 Å². The van der Waals surface area contributed by atoms with Gasteiger partial charge in [0.25, 0.3) is 5.56 Å². The third-order valence-corrected chi connectivity index (χ3v) is 6.22. The summed E-state index contributed by atoms with van der Waals surface area (Å²) in [5, 5.41) is 4.67. The molecule has 7 heteroatoms. The Bertz CT molecular complexity index is 1140. The van der Waals surface area contributed by atoms with Crippen LogP contribution in [0.2, 0.25) is 0 Å². The summed E-state index contributed by atoms with van der Waals surface area (Å²) in [4.78, 5) is 34.8. The number of pyridine rings is 1. The second-order valence-corrected chi connectivity index (χ2v) is 8.04. The monoisotopic (exact) mass is 394 g/mol. The normalized spacial score (nSPS) is 16.0. The minimum atomic E-state index is -0.295. The molecule has 0 fully saturated rings. The highest BCUT2D eigenvalue weighted by molar-refractivity contribution is 7.99. The molecule has 28 heavy (non-hydrogen) atoms. The standard InChI is InChI=1S/C21H22N4O2S/c1-4-15-13(3)23-21-25(20(15)27)10-14(11-28-21)19(26)24-18-9-12(2)22-17-8-6-5-7-16(17)18/h5-9,14H,4,10-11H2,1-3H3,(H,22,24,26)/t14-/m1/s1. The van der Waals surface area contributed by atoms with Crippen molar-refractivity contribution < 1.29 is 4.79 Å². The number of hydrogen-bond donors (Lipinski definition) is 1. The third-order valence-electron chi connectivity index (χ3n) is 5.08. The molecule has 0 saturated heterocycles. The van der Waals surface area contributed by atoms with Gasteiger partial charge in [-0.05, 0) is 32.4 Å². The van der Waals surface area contributed by atoms with Gasteiger partial charge in [0.05, 0.1) is 17.1 Å². The Hall–Kier alpha value is -2.67. The van der Waals surface area contributed by atoms with Gasteiger partial charge in [-0.2, -0.15) is 0 Å². The van der Waals surface area contributed by atoms with Crippen LogP contribution in [0.4, 0.5) is 5.69 Å². The molecular formula is C21H22N4O2S. The molecule has 1 amide bonds. The SMILES string of the molecule is CCc1c(C)nc2n(c1=O)C[C@@H](C(=O)Nc1cc(C)nc3ccccc13)CS2. The minimum Gasteiger partial charge on any atom is -0.325 e. The number of nitrogens with one attached hydrogen (secondary N) is 1. The second-order valence-electron chi connectivity index (χ2n) is 7.05. The Kier molecular flexibility index (Phi) is 4.93. The molecule has 1 aliphatic heterocycles. The number of amides is 1. The van der Waals surface area contributed by atoms with Gasteiger partial charge in [0.1, 0.15) is 0 Å². The van der Waals surface area contributed by atoms with Crippen molar-refractivity contribution in [2.45, 2.75) is 38.9 Å². The summed E-state index contributed by atoms with van der Waals surface area (Å²) in [7, 11) is 0. The van der Waals surface area contributed by atoms with E-state index in [1.54, 1.807) is 4.57 Å². The Morgan fingerprint density at radius 2 is 2.07 bits per heavy atom. The average Bonchev–Trinajstić information content (AvgIpc) is 2.68. The zero-order valence-electron chi connectivity index (χ0n) is 16.2. The van der Waals surface area contributed by atoms with Crippen molar-refractivity contribution in [1.29, 1.82) is 0 Å². The molecule has 0 saturated carbocycles. The van der Waals surface area contributed by atoms with Crippen LogP contribution in [0.25, 0.3) is 10.9 Å². The summed E-state index contributed by atoms with van der Waals surface area (Å²) in [5.41, 5.74) is 3.94. The van der Waals surface area contributed by atoms with Gasteiger partial charge < -0.3 is 5.32 Å². The molecule has 3 aromatic rings. The first-order valence-corrected chi connectivity index (χ1v) is 10.4. The van der Waals surface area contributed by atoms with Gasteiger partial charge in [0.15, 0.2) is 5.16 Å². The van der Waals surface area contributed by atoms with Gasteiger partial charge in [-0.1, -0.05) is 36.9 Å². The van der Waals surface area contributed by atoms with Crippen LogP contribution in [-0.4, -0.2) is 26.2 Å². The van der Waals surface area contributed by atoms with Crippen LogP contribution < -0.4 is 10.9 Å². The minimum absolute atomic E-state index is 0.0276. The van der Waals surface area contributed by atoms with E-state index in [0.29, 0.717) is 23.9 Å². The zero-order valence-corrected chi connectivity index (χ0v) is 17.0. The predicted molar refractivity (Wildman–Crippen MR) is 112 cm³/mol. The lowest BCUT2D eigenvalue weighted by molar-refractivity contribution is -0.119. The molecule has 144 valence electrons. The molecule has 1 atom stereocenters. The molecule has 2 aromatic heterocycles. The fourth-order valence-corrected chi connectivity index (χ4v) is 4.73. The smallest absolute Gasteiger partial charge is 0.257 e. The van der Waals surface area contributed by atoms with Gasteiger partial charge in [-0.25, -0.2) is 4.98 Å².